The van der Waals surface area contributed by atoms with Gasteiger partial charge in [0.15, 0.2) is 0 Å². The predicted octanol–water partition coefficient (Wildman–Crippen LogP) is 1.26. The lowest BCUT2D eigenvalue weighted by Gasteiger charge is -2.21. The summed E-state index contributed by atoms with van der Waals surface area (Å²) in [6.07, 6.45) is 0. The van der Waals surface area contributed by atoms with Gasteiger partial charge in [-0.05, 0) is 31.6 Å². The molecule has 0 saturated carbocycles. The van der Waals surface area contributed by atoms with Gasteiger partial charge in [0.25, 0.3) is 0 Å². The second-order valence-corrected chi connectivity index (χ2v) is 6.21. The third-order valence-corrected chi connectivity index (χ3v) is 4.05. The molecule has 86 valence electrons. The SMILES string of the molecule is CC(C)(N)C1=CS(=O)(=O)c2cccc(O)c21. The van der Waals surface area contributed by atoms with Crippen LogP contribution in [0.4, 0.5) is 0 Å². The van der Waals surface area contributed by atoms with E-state index in [1.165, 1.54) is 18.2 Å². The fourth-order valence-electron chi connectivity index (χ4n) is 1.78. The fraction of sp³-hybridized carbons (Fsp3) is 0.273. The van der Waals surface area contributed by atoms with E-state index in [0.717, 1.165) is 5.41 Å². The maximum Gasteiger partial charge on any atom is 0.200 e. The van der Waals surface area contributed by atoms with E-state index in [9.17, 15) is 13.5 Å². The van der Waals surface area contributed by atoms with Gasteiger partial charge in [0.2, 0.25) is 9.84 Å². The molecule has 0 radical (unpaired) electrons. The zero-order chi connectivity index (χ0) is 12.1. The molecule has 0 fully saturated rings. The Labute approximate surface area is 94.3 Å². The first-order valence-corrected chi connectivity index (χ1v) is 6.36. The molecule has 0 atom stereocenters. The van der Waals surface area contributed by atoms with E-state index < -0.39 is 15.4 Å². The molecule has 0 spiro atoms. The number of phenols is 1. The Balaban J connectivity index is 2.82. The van der Waals surface area contributed by atoms with Gasteiger partial charge >= 0.3 is 0 Å². The molecule has 3 N–H and O–H groups in total. The van der Waals surface area contributed by atoms with Gasteiger partial charge in [-0.3, -0.25) is 0 Å². The predicted molar refractivity (Wildman–Crippen MR) is 61.5 cm³/mol. The number of hydrogen-bond donors (Lipinski definition) is 2. The fourth-order valence-corrected chi connectivity index (χ4v) is 3.41. The number of aromatic hydroxyl groups is 1. The summed E-state index contributed by atoms with van der Waals surface area (Å²) in [7, 11) is -3.46. The first-order valence-electron chi connectivity index (χ1n) is 4.82. The van der Waals surface area contributed by atoms with Crippen molar-refractivity contribution in [2.45, 2.75) is 24.3 Å². The van der Waals surface area contributed by atoms with Gasteiger partial charge in [0, 0.05) is 16.5 Å². The molecule has 2 rings (SSSR count). The Morgan fingerprint density at radius 3 is 2.50 bits per heavy atom. The van der Waals surface area contributed by atoms with Crippen LogP contribution in [0.3, 0.4) is 0 Å². The summed E-state index contributed by atoms with van der Waals surface area (Å²) in [4.78, 5) is 0.126. The van der Waals surface area contributed by atoms with E-state index in [-0.39, 0.29) is 10.6 Å². The number of sulfone groups is 1. The largest absolute Gasteiger partial charge is 0.507 e. The van der Waals surface area contributed by atoms with Crippen LogP contribution in [0.25, 0.3) is 5.57 Å². The summed E-state index contributed by atoms with van der Waals surface area (Å²) in [6, 6.07) is 4.44. The van der Waals surface area contributed by atoms with Crippen molar-refractivity contribution in [2.24, 2.45) is 5.73 Å². The van der Waals surface area contributed by atoms with Gasteiger partial charge in [-0.25, -0.2) is 8.42 Å². The van der Waals surface area contributed by atoms with Gasteiger partial charge in [-0.15, -0.1) is 0 Å². The second kappa shape index (κ2) is 3.09. The summed E-state index contributed by atoms with van der Waals surface area (Å²) in [5, 5.41) is 10.9. The van der Waals surface area contributed by atoms with E-state index in [2.05, 4.69) is 0 Å². The minimum atomic E-state index is -3.46. The third kappa shape index (κ3) is 1.52. The van der Waals surface area contributed by atoms with Crippen LogP contribution in [0.5, 0.6) is 5.75 Å². The van der Waals surface area contributed by atoms with Crippen molar-refractivity contribution in [1.29, 1.82) is 0 Å². The van der Waals surface area contributed by atoms with Crippen LogP contribution < -0.4 is 5.73 Å². The Morgan fingerprint density at radius 1 is 1.31 bits per heavy atom. The molecular weight excluding hydrogens is 226 g/mol. The van der Waals surface area contributed by atoms with Crippen molar-refractivity contribution in [2.75, 3.05) is 0 Å². The Bertz CT molecular complexity index is 580. The second-order valence-electron chi connectivity index (χ2n) is 4.45. The van der Waals surface area contributed by atoms with Crippen molar-refractivity contribution >= 4 is 15.4 Å². The Morgan fingerprint density at radius 2 is 1.94 bits per heavy atom. The average molecular weight is 239 g/mol. The molecule has 1 aliphatic heterocycles. The van der Waals surface area contributed by atoms with E-state index in [1.807, 2.05) is 0 Å². The monoisotopic (exact) mass is 239 g/mol. The van der Waals surface area contributed by atoms with Gasteiger partial charge in [-0.1, -0.05) is 6.07 Å². The molecule has 1 aliphatic rings. The van der Waals surface area contributed by atoms with E-state index in [0.29, 0.717) is 11.1 Å². The van der Waals surface area contributed by atoms with E-state index >= 15 is 0 Å². The molecule has 5 heteroatoms. The highest BCUT2D eigenvalue weighted by atomic mass is 32.2. The molecule has 0 aliphatic carbocycles. The quantitative estimate of drug-likeness (QED) is 0.773. The highest BCUT2D eigenvalue weighted by molar-refractivity contribution is 7.95. The first kappa shape index (κ1) is 11.2. The van der Waals surface area contributed by atoms with Gasteiger partial charge in [0.05, 0.1) is 4.90 Å². The van der Waals surface area contributed by atoms with Gasteiger partial charge in [0.1, 0.15) is 5.75 Å². The smallest absolute Gasteiger partial charge is 0.200 e. The molecule has 4 nitrogen and oxygen atoms in total. The lowest BCUT2D eigenvalue weighted by atomic mass is 9.90. The van der Waals surface area contributed by atoms with Gasteiger partial charge in [-0.2, -0.15) is 0 Å². The topological polar surface area (TPSA) is 80.4 Å². The van der Waals surface area contributed by atoms with Crippen molar-refractivity contribution in [3.8, 4) is 5.75 Å². The molecule has 0 amide bonds. The van der Waals surface area contributed by atoms with Crippen LogP contribution in [-0.4, -0.2) is 19.1 Å². The lowest BCUT2D eigenvalue weighted by Crippen LogP contribution is -2.32. The maximum atomic E-state index is 11.8. The Kier molecular flexibility index (Phi) is 2.15. The highest BCUT2D eigenvalue weighted by Crippen LogP contribution is 2.42. The number of rotatable bonds is 1. The molecule has 1 aromatic rings. The summed E-state index contributed by atoms with van der Waals surface area (Å²) < 4.78 is 23.6. The maximum absolute atomic E-state index is 11.8. The molecule has 16 heavy (non-hydrogen) atoms. The van der Waals surface area contributed by atoms with Crippen LogP contribution in [0, 0.1) is 0 Å². The molecule has 0 aromatic heterocycles. The molecule has 0 bridgehead atoms. The summed E-state index contributed by atoms with van der Waals surface area (Å²) in [5.41, 5.74) is 5.87. The van der Waals surface area contributed by atoms with Crippen LogP contribution in [0.15, 0.2) is 28.5 Å². The zero-order valence-corrected chi connectivity index (χ0v) is 9.88. The van der Waals surface area contributed by atoms with Gasteiger partial charge < -0.3 is 10.8 Å². The molecule has 1 aromatic carbocycles. The number of nitrogens with two attached hydrogens (primary N) is 1. The number of fused-ring (bicyclic) bond motifs is 1. The molecule has 0 saturated heterocycles. The van der Waals surface area contributed by atoms with Crippen LogP contribution in [-0.2, 0) is 9.84 Å². The number of benzene rings is 1. The summed E-state index contributed by atoms with van der Waals surface area (Å²) in [6.45, 7) is 3.41. The highest BCUT2D eigenvalue weighted by Gasteiger charge is 2.35. The molecule has 0 unspecified atom stereocenters. The third-order valence-electron chi connectivity index (χ3n) is 2.55. The van der Waals surface area contributed by atoms with Crippen LogP contribution in [0.2, 0.25) is 0 Å². The normalized spacial score (nSPS) is 18.1. The first-order chi connectivity index (χ1) is 7.23. The number of phenolic OH excluding ortho intramolecular Hbond substituents is 1. The molecular formula is C11H13NO3S. The summed E-state index contributed by atoms with van der Waals surface area (Å²) in [5.74, 6) is -0.0525. The zero-order valence-electron chi connectivity index (χ0n) is 9.06. The molecule has 1 heterocycles. The average Bonchev–Trinajstić information content (AvgIpc) is 2.39. The lowest BCUT2D eigenvalue weighted by molar-refractivity contribution is 0.470. The van der Waals surface area contributed by atoms with Crippen molar-refractivity contribution in [3.63, 3.8) is 0 Å². The number of hydrogen-bond acceptors (Lipinski definition) is 4. The van der Waals surface area contributed by atoms with Crippen molar-refractivity contribution in [1.82, 2.24) is 0 Å². The van der Waals surface area contributed by atoms with Crippen molar-refractivity contribution in [3.05, 3.63) is 29.2 Å². The van der Waals surface area contributed by atoms with Crippen LogP contribution >= 0.6 is 0 Å². The summed E-state index contributed by atoms with van der Waals surface area (Å²) >= 11 is 0. The van der Waals surface area contributed by atoms with E-state index in [4.69, 9.17) is 5.73 Å². The van der Waals surface area contributed by atoms with Crippen LogP contribution in [0.1, 0.15) is 19.4 Å². The van der Waals surface area contributed by atoms with E-state index in [1.54, 1.807) is 13.8 Å². The Hall–Kier alpha value is -1.33. The minimum Gasteiger partial charge on any atom is -0.507 e. The minimum absolute atomic E-state index is 0.0525. The standard InChI is InChI=1S/C11H13NO3S/c1-11(2,12)7-6-16(14,15)9-5-3-4-8(13)10(7)9/h3-6,13H,12H2,1-2H3. The van der Waals surface area contributed by atoms with Crippen molar-refractivity contribution < 1.29 is 13.5 Å².